The molecule has 1 N–H and O–H groups in total. The number of hydrogen-bond acceptors (Lipinski definition) is 5. The first-order valence-electron chi connectivity index (χ1n) is 0.577. The van der Waals surface area contributed by atoms with Crippen LogP contribution >= 0.6 is 0 Å². The van der Waals surface area contributed by atoms with Crippen molar-refractivity contribution in [2.45, 2.75) is 0 Å². The van der Waals surface area contributed by atoms with Crippen LogP contribution in [0.2, 0.25) is 0 Å². The van der Waals surface area contributed by atoms with Crippen LogP contribution in [0.25, 0.3) is 0 Å². The van der Waals surface area contributed by atoms with Gasteiger partial charge in [-0.2, -0.15) is 0 Å². The summed E-state index contributed by atoms with van der Waals surface area (Å²) in [6, 6.07) is 0. The van der Waals surface area contributed by atoms with E-state index in [9.17, 15) is 0 Å². The van der Waals surface area contributed by atoms with Crippen molar-refractivity contribution in [3.63, 3.8) is 0 Å². The second kappa shape index (κ2) is 4.94. The molecule has 40 valence electrons. The van der Waals surface area contributed by atoms with Crippen molar-refractivity contribution in [1.29, 1.82) is 0 Å². The molecule has 0 radical (unpaired) electrons. The molecule has 0 saturated heterocycles. The summed E-state index contributed by atoms with van der Waals surface area (Å²) in [6.45, 7) is 0. The van der Waals surface area contributed by atoms with E-state index in [0.29, 0.717) is 0 Å². The fraction of sp³-hybridized carbons (Fsp3) is 0. The Labute approximate surface area is 63.7 Å². The Kier molecular flexibility index (Phi) is 11.1. The van der Waals surface area contributed by atoms with Gasteiger partial charge >= 0.3 is 58.6 Å². The van der Waals surface area contributed by atoms with Crippen molar-refractivity contribution in [2.24, 2.45) is 0 Å². The van der Waals surface area contributed by atoms with Gasteiger partial charge in [-0.3, -0.25) is 0 Å². The predicted molar refractivity (Wildman–Crippen MR) is 4.68 cm³/mol. The summed E-state index contributed by atoms with van der Waals surface area (Å²) in [6.07, 6.45) is 0. The Morgan fingerprint density at radius 1 is 0.857 bits per heavy atom. The molecule has 0 aliphatic rings. The Bertz CT molecular complexity index is 159. The van der Waals surface area contributed by atoms with Gasteiger partial charge in [-0.1, -0.05) is 0 Å². The van der Waals surface area contributed by atoms with Crippen molar-refractivity contribution in [3.8, 4) is 0 Å². The van der Waals surface area contributed by atoms with Gasteiger partial charge in [0.1, 0.15) is 0 Å². The number of rotatable bonds is 0. The Morgan fingerprint density at radius 2 is 0.857 bits per heavy atom. The average Bonchev–Trinajstić information content (AvgIpc) is 0.722. The summed E-state index contributed by atoms with van der Waals surface area (Å²) in [5.74, 6) is 0. The summed E-state index contributed by atoms with van der Waals surface area (Å²) < 4.78 is 34.5. The molecule has 0 rings (SSSR count). The molecule has 7 heteroatoms. The fourth-order valence-corrected chi connectivity index (χ4v) is 0. The second-order valence-corrected chi connectivity index (χ2v) is 2.89. The van der Waals surface area contributed by atoms with Crippen molar-refractivity contribution >= 4 is 0 Å². The zero-order chi connectivity index (χ0) is 4.50. The van der Waals surface area contributed by atoms with E-state index in [1.54, 1.807) is 0 Å². The molecule has 0 aliphatic carbocycles. The van der Waals surface area contributed by atoms with Gasteiger partial charge in [-0.25, -0.2) is 0 Å². The Morgan fingerprint density at radius 3 is 0.857 bits per heavy atom. The molecule has 0 saturated carbocycles. The molecule has 0 aromatic carbocycles. The van der Waals surface area contributed by atoms with E-state index in [0.717, 1.165) is 0 Å². The monoisotopic (exact) mass is 296 g/mol. The van der Waals surface area contributed by atoms with Crippen molar-refractivity contribution < 1.29 is 64.0 Å². The van der Waals surface area contributed by atoms with E-state index >= 15 is 0 Å². The average molecular weight is 294 g/mol. The van der Waals surface area contributed by atoms with Crippen LogP contribution in [0.1, 0.15) is 0 Å². The van der Waals surface area contributed by atoms with E-state index in [1.807, 2.05) is 0 Å². The van der Waals surface area contributed by atoms with Gasteiger partial charge in [-0.05, 0) is 0 Å². The predicted octanol–water partition coefficient (Wildman–Crippen LogP) is -3.65. The van der Waals surface area contributed by atoms with Crippen molar-refractivity contribution in [3.05, 3.63) is 0 Å². The number of hydrogen-bond donors (Lipinski definition) is 0. The molecule has 0 unspecified atom stereocenters. The molecule has 5 nitrogen and oxygen atoms in total. The van der Waals surface area contributed by atoms with Crippen molar-refractivity contribution in [2.75, 3.05) is 0 Å². The molecular weight excluding hydrogens is 293 g/mol. The van der Waals surface area contributed by atoms with Crippen LogP contribution in [-0.4, -0.2) is 5.48 Å². The first-order chi connectivity index (χ1) is 2.00. The maximum atomic E-state index is 8.63. The van der Waals surface area contributed by atoms with Crippen LogP contribution in [0.15, 0.2) is 0 Å². The normalized spacial score (nSPS) is 8.00. The third-order valence-corrected chi connectivity index (χ3v) is 0. The van der Waals surface area contributed by atoms with E-state index < -0.39 is 14.8 Å². The first kappa shape index (κ1) is 15.7. The molecule has 0 aliphatic heterocycles. The summed E-state index contributed by atoms with van der Waals surface area (Å²) in [7, 11) is 0. The van der Waals surface area contributed by atoms with Crippen LogP contribution in [0, 0.1) is 0 Å². The van der Waals surface area contributed by atoms with E-state index in [-0.39, 0.29) is 35.0 Å². The molecule has 0 amide bonds. The van der Waals surface area contributed by atoms with Gasteiger partial charge in [0.25, 0.3) is 0 Å². The molecule has 7 heavy (non-hydrogen) atoms. The van der Waals surface area contributed by atoms with Gasteiger partial charge in [0, 0.05) is 0 Å². The van der Waals surface area contributed by atoms with Gasteiger partial charge in [0.15, 0.2) is 0 Å². The zero-order valence-electron chi connectivity index (χ0n) is 3.43. The fourth-order valence-electron chi connectivity index (χ4n) is 0. The minimum absolute atomic E-state index is 0. The quantitative estimate of drug-likeness (QED) is 0.429. The van der Waals surface area contributed by atoms with Crippen LogP contribution in [0.5, 0.6) is 0 Å². The first-order valence-corrected chi connectivity index (χ1v) is 4.73. The van der Waals surface area contributed by atoms with Crippen LogP contribution in [-0.2, 0) is 29.0 Å². The van der Waals surface area contributed by atoms with Gasteiger partial charge in [0.05, 0.1) is 0 Å². The van der Waals surface area contributed by atoms with Gasteiger partial charge in [-0.15, -0.1) is 0 Å². The molecule has 0 aromatic heterocycles. The third kappa shape index (κ3) is 247. The molecule has 0 aromatic rings. The van der Waals surface area contributed by atoms with Gasteiger partial charge < -0.3 is 5.48 Å². The summed E-state index contributed by atoms with van der Waals surface area (Å²) in [5.41, 5.74) is 0. The molecule has 0 heterocycles. The standard InChI is InChI=1S/Na.H2O.4O.Os/h;1H2;;;;;/q+1;;;;;;/p-1. The zero-order valence-corrected chi connectivity index (χ0v) is 7.97. The van der Waals surface area contributed by atoms with Crippen LogP contribution < -0.4 is 29.6 Å². The van der Waals surface area contributed by atoms with E-state index in [4.69, 9.17) is 14.2 Å². The summed E-state index contributed by atoms with van der Waals surface area (Å²) >= 11 is -6.06. The van der Waals surface area contributed by atoms with Crippen LogP contribution in [0.3, 0.4) is 0 Å². The topological polar surface area (TPSA) is 98.3 Å². The van der Waals surface area contributed by atoms with E-state index in [1.165, 1.54) is 0 Å². The van der Waals surface area contributed by atoms with E-state index in [2.05, 4.69) is 0 Å². The molecule has 0 bridgehead atoms. The Balaban J connectivity index is -0.0000000800. The SMILES string of the molecule is [Na+].[OH-].[O]=[Os](=[O])(=[O])=[O]. The molecular formula is HNaO5Os. The van der Waals surface area contributed by atoms with Crippen LogP contribution in [0.4, 0.5) is 0 Å². The van der Waals surface area contributed by atoms with Gasteiger partial charge in [0.2, 0.25) is 0 Å². The second-order valence-electron chi connectivity index (χ2n) is 0.354. The summed E-state index contributed by atoms with van der Waals surface area (Å²) in [4.78, 5) is 0. The van der Waals surface area contributed by atoms with Crippen molar-refractivity contribution in [1.82, 2.24) is 0 Å². The summed E-state index contributed by atoms with van der Waals surface area (Å²) in [5, 5.41) is 0. The molecule has 0 atom stereocenters. The maximum absolute atomic E-state index is 8.63. The third-order valence-electron chi connectivity index (χ3n) is 0. The molecule has 0 fully saturated rings. The molecule has 0 spiro atoms. The Hall–Kier alpha value is 0.796. The minimum atomic E-state index is -6.06.